The lowest BCUT2D eigenvalue weighted by atomic mass is 10.2. The second-order valence-electron chi connectivity index (χ2n) is 4.10. The zero-order valence-corrected chi connectivity index (χ0v) is 13.5. The Balaban J connectivity index is 2.42. The van der Waals surface area contributed by atoms with E-state index in [1.54, 1.807) is 25.1 Å². The first kappa shape index (κ1) is 14.4. The van der Waals surface area contributed by atoms with Crippen LogP contribution in [0.5, 0.6) is 5.75 Å². The van der Waals surface area contributed by atoms with Crippen LogP contribution in [-0.2, 0) is 10.0 Å². The molecule has 0 aliphatic heterocycles. The Labute approximate surface area is 124 Å². The number of sulfonamides is 1. The van der Waals surface area contributed by atoms with Crippen molar-refractivity contribution < 1.29 is 13.5 Å². The Hall–Kier alpha value is -1.05. The molecular weight excluding hydrogens is 350 g/mol. The van der Waals surface area contributed by atoms with Crippen molar-refractivity contribution in [2.24, 2.45) is 0 Å². The molecule has 0 amide bonds. The molecule has 1 aromatic heterocycles. The van der Waals surface area contributed by atoms with E-state index >= 15 is 0 Å². The van der Waals surface area contributed by atoms with Gasteiger partial charge in [0.15, 0.2) is 0 Å². The van der Waals surface area contributed by atoms with E-state index in [4.69, 9.17) is 0 Å². The van der Waals surface area contributed by atoms with Gasteiger partial charge in [-0.3, -0.25) is 4.72 Å². The van der Waals surface area contributed by atoms with Crippen molar-refractivity contribution in [3.8, 4) is 5.75 Å². The molecule has 2 N–H and O–H groups in total. The van der Waals surface area contributed by atoms with Crippen LogP contribution in [0.4, 0.5) is 5.69 Å². The van der Waals surface area contributed by atoms with E-state index in [-0.39, 0.29) is 15.6 Å². The average Bonchev–Trinajstić information content (AvgIpc) is 2.66. The highest BCUT2D eigenvalue weighted by Crippen LogP contribution is 2.34. The summed E-state index contributed by atoms with van der Waals surface area (Å²) in [7, 11) is -3.68. The third-order valence-corrected chi connectivity index (χ3v) is 6.55. The Morgan fingerprint density at radius 3 is 2.47 bits per heavy atom. The predicted molar refractivity (Wildman–Crippen MR) is 80.4 cm³/mol. The number of phenolic OH excluding ortho intramolecular Hbond substituents is 1. The van der Waals surface area contributed by atoms with Crippen LogP contribution in [0.3, 0.4) is 0 Å². The van der Waals surface area contributed by atoms with Crippen LogP contribution in [-0.4, -0.2) is 13.5 Å². The van der Waals surface area contributed by atoms with Gasteiger partial charge in [0.05, 0.1) is 9.47 Å². The summed E-state index contributed by atoms with van der Waals surface area (Å²) >= 11 is 4.44. The summed E-state index contributed by atoms with van der Waals surface area (Å²) in [6, 6.07) is 6.42. The molecule has 0 aliphatic rings. The molecule has 0 saturated carbocycles. The number of nitrogens with one attached hydrogen (secondary N) is 1. The highest BCUT2D eigenvalue weighted by atomic mass is 79.9. The van der Waals surface area contributed by atoms with Gasteiger partial charge in [-0.2, -0.15) is 0 Å². The Morgan fingerprint density at radius 2 is 1.95 bits per heavy atom. The number of rotatable bonds is 3. The minimum atomic E-state index is -3.68. The fourth-order valence-electron chi connectivity index (χ4n) is 1.53. The maximum absolute atomic E-state index is 12.2. The van der Waals surface area contributed by atoms with Gasteiger partial charge < -0.3 is 5.11 Å². The SMILES string of the molecule is Cc1cc(S(=O)(=O)Nc2c(C)cccc2O)sc1Br. The smallest absolute Gasteiger partial charge is 0.271 e. The molecule has 0 saturated heterocycles. The summed E-state index contributed by atoms with van der Waals surface area (Å²) in [6.45, 7) is 3.55. The predicted octanol–water partition coefficient (Wildman–Crippen LogP) is 3.63. The summed E-state index contributed by atoms with van der Waals surface area (Å²) in [5, 5.41) is 9.73. The Kier molecular flexibility index (Phi) is 3.89. The molecule has 2 aromatic rings. The highest BCUT2D eigenvalue weighted by molar-refractivity contribution is 9.11. The molecule has 0 aliphatic carbocycles. The van der Waals surface area contributed by atoms with Crippen LogP contribution in [0.25, 0.3) is 0 Å². The molecule has 1 heterocycles. The topological polar surface area (TPSA) is 66.4 Å². The number of aromatic hydroxyl groups is 1. The van der Waals surface area contributed by atoms with Gasteiger partial charge in [-0.05, 0) is 53.0 Å². The number of anilines is 1. The minimum Gasteiger partial charge on any atom is -0.506 e. The van der Waals surface area contributed by atoms with Crippen LogP contribution in [0.1, 0.15) is 11.1 Å². The van der Waals surface area contributed by atoms with E-state index in [2.05, 4.69) is 20.7 Å². The van der Waals surface area contributed by atoms with Gasteiger partial charge in [0.25, 0.3) is 10.0 Å². The van der Waals surface area contributed by atoms with Gasteiger partial charge >= 0.3 is 0 Å². The number of hydrogen-bond donors (Lipinski definition) is 2. The van der Waals surface area contributed by atoms with Crippen molar-refractivity contribution in [3.63, 3.8) is 0 Å². The largest absolute Gasteiger partial charge is 0.506 e. The van der Waals surface area contributed by atoms with Gasteiger partial charge in [-0.15, -0.1) is 11.3 Å². The molecular formula is C12H12BrNO3S2. The summed E-state index contributed by atoms with van der Waals surface area (Å²) in [5.74, 6) is -0.0871. The first-order valence-electron chi connectivity index (χ1n) is 5.38. The molecule has 0 spiro atoms. The second-order valence-corrected chi connectivity index (χ2v) is 8.38. The van der Waals surface area contributed by atoms with Crippen molar-refractivity contribution in [1.29, 1.82) is 0 Å². The van der Waals surface area contributed by atoms with Crippen molar-refractivity contribution in [3.05, 3.63) is 39.2 Å². The van der Waals surface area contributed by atoms with Crippen molar-refractivity contribution in [2.45, 2.75) is 18.1 Å². The fraction of sp³-hybridized carbons (Fsp3) is 0.167. The van der Waals surface area contributed by atoms with Crippen molar-refractivity contribution in [2.75, 3.05) is 4.72 Å². The molecule has 2 rings (SSSR count). The Bertz CT molecular complexity index is 683. The molecule has 7 heteroatoms. The molecule has 0 fully saturated rings. The van der Waals surface area contributed by atoms with Crippen LogP contribution in [0, 0.1) is 13.8 Å². The number of aryl methyl sites for hydroxylation is 2. The number of para-hydroxylation sites is 1. The zero-order chi connectivity index (χ0) is 14.2. The lowest BCUT2D eigenvalue weighted by molar-refractivity contribution is 0.477. The quantitative estimate of drug-likeness (QED) is 0.820. The molecule has 0 atom stereocenters. The Morgan fingerprint density at radius 1 is 1.26 bits per heavy atom. The lowest BCUT2D eigenvalue weighted by Crippen LogP contribution is -2.12. The molecule has 0 unspecified atom stereocenters. The standard InChI is InChI=1S/C12H12BrNO3S2/c1-7-4-3-5-9(15)11(7)14-19(16,17)10-6-8(2)12(13)18-10/h3-6,14-15H,1-2H3. The first-order chi connectivity index (χ1) is 8.81. The number of thiophene rings is 1. The van der Waals surface area contributed by atoms with Crippen LogP contribution in [0.2, 0.25) is 0 Å². The van der Waals surface area contributed by atoms with E-state index < -0.39 is 10.0 Å². The zero-order valence-electron chi connectivity index (χ0n) is 10.3. The van der Waals surface area contributed by atoms with Gasteiger partial charge in [-0.1, -0.05) is 12.1 Å². The van der Waals surface area contributed by atoms with Crippen LogP contribution in [0.15, 0.2) is 32.3 Å². The maximum atomic E-state index is 12.2. The van der Waals surface area contributed by atoms with Gasteiger partial charge in [0.2, 0.25) is 0 Å². The maximum Gasteiger partial charge on any atom is 0.271 e. The summed E-state index contributed by atoms with van der Waals surface area (Å²) in [6.07, 6.45) is 0. The van der Waals surface area contributed by atoms with E-state index in [0.29, 0.717) is 5.56 Å². The number of phenols is 1. The van der Waals surface area contributed by atoms with E-state index in [0.717, 1.165) is 20.7 Å². The van der Waals surface area contributed by atoms with Gasteiger partial charge in [-0.25, -0.2) is 8.42 Å². The third kappa shape index (κ3) is 2.93. The lowest BCUT2D eigenvalue weighted by Gasteiger charge is -2.10. The molecule has 19 heavy (non-hydrogen) atoms. The molecule has 102 valence electrons. The number of halogens is 1. The minimum absolute atomic E-state index is 0.0871. The van der Waals surface area contributed by atoms with Gasteiger partial charge in [0.1, 0.15) is 9.96 Å². The van der Waals surface area contributed by atoms with Crippen molar-refractivity contribution >= 4 is 43.0 Å². The normalized spacial score (nSPS) is 11.5. The molecule has 1 aromatic carbocycles. The average molecular weight is 362 g/mol. The molecule has 4 nitrogen and oxygen atoms in total. The fourth-order valence-corrected chi connectivity index (χ4v) is 4.91. The van der Waals surface area contributed by atoms with Gasteiger partial charge in [0, 0.05) is 0 Å². The van der Waals surface area contributed by atoms with Crippen LogP contribution < -0.4 is 4.72 Å². The summed E-state index contributed by atoms with van der Waals surface area (Å²) < 4.78 is 27.9. The van der Waals surface area contributed by atoms with Crippen molar-refractivity contribution in [1.82, 2.24) is 0 Å². The first-order valence-corrected chi connectivity index (χ1v) is 8.48. The monoisotopic (exact) mass is 361 g/mol. The molecule has 0 radical (unpaired) electrons. The van der Waals surface area contributed by atoms with Crippen LogP contribution >= 0.6 is 27.3 Å². The third-order valence-electron chi connectivity index (χ3n) is 2.59. The van der Waals surface area contributed by atoms with E-state index in [1.807, 2.05) is 6.92 Å². The van der Waals surface area contributed by atoms with E-state index in [1.165, 1.54) is 6.07 Å². The van der Waals surface area contributed by atoms with E-state index in [9.17, 15) is 13.5 Å². The number of hydrogen-bond acceptors (Lipinski definition) is 4. The second kappa shape index (κ2) is 5.15. The summed E-state index contributed by atoms with van der Waals surface area (Å²) in [5.41, 5.74) is 1.74. The highest BCUT2D eigenvalue weighted by Gasteiger charge is 2.20. The number of benzene rings is 1. The summed E-state index contributed by atoms with van der Waals surface area (Å²) in [4.78, 5) is 0. The molecule has 0 bridgehead atoms.